The molecule has 0 saturated carbocycles. The van der Waals surface area contributed by atoms with Crippen molar-refractivity contribution in [1.82, 2.24) is 20.2 Å². The fourth-order valence-corrected chi connectivity index (χ4v) is 2.10. The summed E-state index contributed by atoms with van der Waals surface area (Å²) in [4.78, 5) is 4.20. The van der Waals surface area contributed by atoms with Crippen LogP contribution >= 0.6 is 0 Å². The molecule has 0 aliphatic heterocycles. The minimum absolute atomic E-state index is 0.153. The summed E-state index contributed by atoms with van der Waals surface area (Å²) >= 11 is 0. The van der Waals surface area contributed by atoms with E-state index >= 15 is 0 Å². The molecule has 0 aliphatic rings. The van der Waals surface area contributed by atoms with E-state index in [0.717, 1.165) is 24.9 Å². The Morgan fingerprint density at radius 2 is 2.10 bits per heavy atom. The van der Waals surface area contributed by atoms with E-state index in [4.69, 9.17) is 10.6 Å². The van der Waals surface area contributed by atoms with Crippen LogP contribution in [-0.2, 0) is 19.4 Å². The van der Waals surface area contributed by atoms with Crippen molar-refractivity contribution in [1.29, 1.82) is 0 Å². The highest BCUT2D eigenvalue weighted by Gasteiger charge is 2.10. The van der Waals surface area contributed by atoms with Gasteiger partial charge in [-0.2, -0.15) is 5.10 Å². The van der Waals surface area contributed by atoms with Crippen LogP contribution in [0.3, 0.4) is 0 Å². The first-order chi connectivity index (χ1) is 9.75. The number of rotatable bonds is 7. The van der Waals surface area contributed by atoms with E-state index < -0.39 is 0 Å². The van der Waals surface area contributed by atoms with Gasteiger partial charge >= 0.3 is 0 Å². The van der Waals surface area contributed by atoms with Crippen molar-refractivity contribution < 1.29 is 4.74 Å². The Bertz CT molecular complexity index is 523. The monoisotopic (exact) mass is 275 g/mol. The number of methoxy groups -OCH3 is 1. The molecule has 1 unspecified atom stereocenters. The van der Waals surface area contributed by atoms with Gasteiger partial charge in [0.1, 0.15) is 0 Å². The van der Waals surface area contributed by atoms with Crippen LogP contribution in [-0.4, -0.2) is 27.9 Å². The van der Waals surface area contributed by atoms with Gasteiger partial charge in [-0.3, -0.25) is 16.0 Å². The van der Waals surface area contributed by atoms with E-state index in [2.05, 4.69) is 28.6 Å². The fraction of sp³-hybridized carbons (Fsp3) is 0.429. The molecule has 0 fully saturated rings. The second-order valence-corrected chi connectivity index (χ2v) is 4.68. The lowest BCUT2D eigenvalue weighted by molar-refractivity contribution is 0.397. The second kappa shape index (κ2) is 7.02. The Morgan fingerprint density at radius 3 is 2.65 bits per heavy atom. The summed E-state index contributed by atoms with van der Waals surface area (Å²) < 4.78 is 6.96. The topological polar surface area (TPSA) is 78.0 Å². The first-order valence-corrected chi connectivity index (χ1v) is 6.71. The molecule has 2 aromatic rings. The van der Waals surface area contributed by atoms with E-state index in [1.807, 2.05) is 29.2 Å². The van der Waals surface area contributed by atoms with Crippen molar-refractivity contribution in [3.8, 4) is 5.88 Å². The van der Waals surface area contributed by atoms with Crippen molar-refractivity contribution in [2.45, 2.75) is 32.4 Å². The maximum atomic E-state index is 5.64. The molecule has 6 nitrogen and oxygen atoms in total. The van der Waals surface area contributed by atoms with Crippen LogP contribution in [0.2, 0.25) is 0 Å². The van der Waals surface area contributed by atoms with E-state index in [-0.39, 0.29) is 6.04 Å². The molecule has 0 saturated heterocycles. The molecule has 0 spiro atoms. The molecule has 2 rings (SSSR count). The summed E-state index contributed by atoms with van der Waals surface area (Å²) in [6.07, 6.45) is 7.41. The average molecular weight is 275 g/mol. The van der Waals surface area contributed by atoms with Crippen LogP contribution in [0, 0.1) is 0 Å². The number of aryl methyl sites for hydroxylation is 1. The first-order valence-electron chi connectivity index (χ1n) is 6.71. The van der Waals surface area contributed by atoms with Gasteiger partial charge in [-0.1, -0.05) is 6.07 Å². The van der Waals surface area contributed by atoms with Gasteiger partial charge in [0, 0.05) is 31.0 Å². The summed E-state index contributed by atoms with van der Waals surface area (Å²) in [6.45, 7) is 2.95. The number of nitrogens with zero attached hydrogens (tertiary/aromatic N) is 3. The Balaban J connectivity index is 1.97. The van der Waals surface area contributed by atoms with Gasteiger partial charge in [0.05, 0.1) is 13.3 Å². The zero-order valence-electron chi connectivity index (χ0n) is 11.9. The summed E-state index contributed by atoms with van der Waals surface area (Å²) in [5.41, 5.74) is 5.16. The number of nitrogens with two attached hydrogens (primary N) is 1. The number of hydrogen-bond acceptors (Lipinski definition) is 5. The van der Waals surface area contributed by atoms with Crippen LogP contribution in [0.15, 0.2) is 30.7 Å². The highest BCUT2D eigenvalue weighted by Crippen LogP contribution is 2.11. The van der Waals surface area contributed by atoms with Crippen molar-refractivity contribution in [2.24, 2.45) is 5.84 Å². The third kappa shape index (κ3) is 3.79. The SMILES string of the molecule is CCn1cc(CC(Cc2ccc(OC)nc2)NN)cn1. The summed E-state index contributed by atoms with van der Waals surface area (Å²) in [5, 5.41) is 4.27. The third-order valence-corrected chi connectivity index (χ3v) is 3.22. The summed E-state index contributed by atoms with van der Waals surface area (Å²) in [7, 11) is 1.61. The van der Waals surface area contributed by atoms with Crippen LogP contribution in [0.25, 0.3) is 0 Å². The predicted molar refractivity (Wildman–Crippen MR) is 77.2 cm³/mol. The lowest BCUT2D eigenvalue weighted by Crippen LogP contribution is -2.38. The van der Waals surface area contributed by atoms with Gasteiger partial charge < -0.3 is 4.74 Å². The zero-order chi connectivity index (χ0) is 14.4. The molecule has 3 N–H and O–H groups in total. The van der Waals surface area contributed by atoms with Crippen LogP contribution in [0.1, 0.15) is 18.1 Å². The Morgan fingerprint density at radius 1 is 1.30 bits per heavy atom. The van der Waals surface area contributed by atoms with Gasteiger partial charge in [-0.05, 0) is 30.9 Å². The Kier molecular flexibility index (Phi) is 5.09. The van der Waals surface area contributed by atoms with Crippen molar-refractivity contribution in [2.75, 3.05) is 7.11 Å². The lowest BCUT2D eigenvalue weighted by atomic mass is 10.0. The molecule has 0 bridgehead atoms. The standard InChI is InChI=1S/C14H21N5O/c1-3-19-10-12(9-17-19)7-13(18-15)6-11-4-5-14(20-2)16-8-11/h4-5,8-10,13,18H,3,6-7,15H2,1-2H3. The maximum Gasteiger partial charge on any atom is 0.212 e. The van der Waals surface area contributed by atoms with Crippen LogP contribution in [0.5, 0.6) is 5.88 Å². The van der Waals surface area contributed by atoms with E-state index in [0.29, 0.717) is 5.88 Å². The first kappa shape index (κ1) is 14.5. The molecule has 0 aromatic carbocycles. The molecule has 20 heavy (non-hydrogen) atoms. The van der Waals surface area contributed by atoms with Gasteiger partial charge in [0.15, 0.2) is 0 Å². The van der Waals surface area contributed by atoms with Crippen LogP contribution < -0.4 is 16.0 Å². The number of hydrazine groups is 1. The largest absolute Gasteiger partial charge is 0.481 e. The Labute approximate surface area is 118 Å². The third-order valence-electron chi connectivity index (χ3n) is 3.22. The quantitative estimate of drug-likeness (QED) is 0.580. The molecule has 2 heterocycles. The van der Waals surface area contributed by atoms with Crippen molar-refractivity contribution in [3.05, 3.63) is 41.9 Å². The van der Waals surface area contributed by atoms with Crippen molar-refractivity contribution in [3.63, 3.8) is 0 Å². The minimum atomic E-state index is 0.153. The lowest BCUT2D eigenvalue weighted by Gasteiger charge is -2.14. The average Bonchev–Trinajstić information content (AvgIpc) is 2.95. The molecule has 108 valence electrons. The molecule has 0 aliphatic carbocycles. The molecule has 0 amide bonds. The number of ether oxygens (including phenoxy) is 1. The van der Waals surface area contributed by atoms with Gasteiger partial charge in [-0.15, -0.1) is 0 Å². The van der Waals surface area contributed by atoms with E-state index in [1.54, 1.807) is 7.11 Å². The van der Waals surface area contributed by atoms with Gasteiger partial charge in [0.25, 0.3) is 0 Å². The Hall–Kier alpha value is -1.92. The molecule has 1 atom stereocenters. The number of nitrogens with one attached hydrogen (secondary N) is 1. The fourth-order valence-electron chi connectivity index (χ4n) is 2.10. The number of hydrogen-bond donors (Lipinski definition) is 2. The molecular weight excluding hydrogens is 254 g/mol. The van der Waals surface area contributed by atoms with E-state index in [9.17, 15) is 0 Å². The molecular formula is C14H21N5O. The normalized spacial score (nSPS) is 12.3. The van der Waals surface area contributed by atoms with Gasteiger partial charge in [0.2, 0.25) is 5.88 Å². The molecule has 2 aromatic heterocycles. The number of aromatic nitrogens is 3. The van der Waals surface area contributed by atoms with Crippen molar-refractivity contribution >= 4 is 0 Å². The van der Waals surface area contributed by atoms with E-state index in [1.165, 1.54) is 5.56 Å². The summed E-state index contributed by atoms with van der Waals surface area (Å²) in [5.74, 6) is 6.26. The highest BCUT2D eigenvalue weighted by atomic mass is 16.5. The summed E-state index contributed by atoms with van der Waals surface area (Å²) in [6, 6.07) is 4.02. The number of pyridine rings is 1. The smallest absolute Gasteiger partial charge is 0.212 e. The second-order valence-electron chi connectivity index (χ2n) is 4.68. The zero-order valence-corrected chi connectivity index (χ0v) is 11.9. The highest BCUT2D eigenvalue weighted by molar-refractivity contribution is 5.19. The van der Waals surface area contributed by atoms with Gasteiger partial charge in [-0.25, -0.2) is 4.98 Å². The molecule has 0 radical (unpaired) electrons. The predicted octanol–water partition coefficient (Wildman–Crippen LogP) is 0.924. The minimum Gasteiger partial charge on any atom is -0.481 e. The van der Waals surface area contributed by atoms with Crippen LogP contribution in [0.4, 0.5) is 0 Å². The molecule has 6 heteroatoms. The maximum absolute atomic E-state index is 5.64.